The van der Waals surface area contributed by atoms with Crippen LogP contribution in [0.25, 0.3) is 5.57 Å². The third kappa shape index (κ3) is 19.4. The number of aromatic nitrogens is 1. The summed E-state index contributed by atoms with van der Waals surface area (Å²) in [5.74, 6) is 0.962. The molecule has 2 rings (SSSR count). The van der Waals surface area contributed by atoms with Crippen molar-refractivity contribution in [3.63, 3.8) is 0 Å². The number of rotatable bonds is 15. The molecule has 3 heteroatoms. The predicted octanol–water partition coefficient (Wildman–Crippen LogP) is 13.7. The lowest BCUT2D eigenvalue weighted by atomic mass is 9.92. The van der Waals surface area contributed by atoms with Crippen LogP contribution in [0.3, 0.4) is 0 Å². The number of ketones is 1. The number of aryl methyl sites for hydroxylation is 3. The van der Waals surface area contributed by atoms with Crippen LogP contribution in [0.2, 0.25) is 5.02 Å². The van der Waals surface area contributed by atoms with Crippen LogP contribution in [-0.2, 0) is 17.6 Å². The molecule has 0 N–H and O–H groups in total. The number of carbonyl (C=O) groups excluding carboxylic acids is 1. The van der Waals surface area contributed by atoms with Gasteiger partial charge in [-0.1, -0.05) is 154 Å². The third-order valence-electron chi connectivity index (χ3n) is 7.32. The largest absolute Gasteiger partial charge is 0.294 e. The number of Topliss-reactive ketones (excluding diaryl/α,β-unsaturated/α-hetero) is 1. The number of benzene rings is 1. The minimum Gasteiger partial charge on any atom is -0.294 e. The third-order valence-corrected chi connectivity index (χ3v) is 7.63. The van der Waals surface area contributed by atoms with E-state index in [1.165, 1.54) is 32.1 Å². The van der Waals surface area contributed by atoms with E-state index in [2.05, 4.69) is 57.5 Å². The van der Waals surface area contributed by atoms with Gasteiger partial charge < -0.3 is 0 Å². The van der Waals surface area contributed by atoms with Crippen molar-refractivity contribution >= 4 is 23.0 Å². The first kappa shape index (κ1) is 44.4. The maximum Gasteiger partial charge on any atom is 0.160 e. The molecule has 0 amide bonds. The second-order valence-electron chi connectivity index (χ2n) is 11.4. The van der Waals surface area contributed by atoms with Crippen molar-refractivity contribution in [3.05, 3.63) is 105 Å². The fourth-order valence-electron chi connectivity index (χ4n) is 4.39. The second-order valence-corrected chi connectivity index (χ2v) is 11.8. The molecule has 0 aliphatic heterocycles. The average molecular weight is 636 g/mol. The van der Waals surface area contributed by atoms with Gasteiger partial charge in [0, 0.05) is 28.0 Å². The highest BCUT2D eigenvalue weighted by Gasteiger charge is 2.16. The van der Waals surface area contributed by atoms with Crippen molar-refractivity contribution in [1.82, 2.24) is 4.98 Å². The van der Waals surface area contributed by atoms with Crippen molar-refractivity contribution in [1.29, 1.82) is 0 Å². The number of pyridine rings is 1. The molecule has 0 bridgehead atoms. The fraction of sp³-hybridized carbons (Fsp3) is 0.524. The Balaban J connectivity index is 0. The molecule has 0 unspecified atom stereocenters. The summed E-state index contributed by atoms with van der Waals surface area (Å²) in [5, 5.41) is 0.615. The van der Waals surface area contributed by atoms with Gasteiger partial charge in [0.15, 0.2) is 5.78 Å². The zero-order chi connectivity index (χ0) is 34.8. The van der Waals surface area contributed by atoms with Crippen LogP contribution < -0.4 is 0 Å². The highest BCUT2D eigenvalue weighted by atomic mass is 35.5. The zero-order valence-electron chi connectivity index (χ0n) is 31.1. The van der Waals surface area contributed by atoms with E-state index in [-0.39, 0.29) is 5.78 Å². The van der Waals surface area contributed by atoms with Gasteiger partial charge in [0.05, 0.1) is 0 Å². The lowest BCUT2D eigenvalue weighted by Crippen LogP contribution is -2.02. The molecule has 2 nitrogen and oxygen atoms in total. The molecule has 0 aliphatic carbocycles. The zero-order valence-corrected chi connectivity index (χ0v) is 31.8. The minimum absolute atomic E-state index is 0.00637. The Kier molecular flexibility index (Phi) is 27.2. The smallest absolute Gasteiger partial charge is 0.160 e. The molecule has 1 aromatic heterocycles. The molecular formula is C42H66ClNO. The van der Waals surface area contributed by atoms with E-state index in [0.717, 1.165) is 70.7 Å². The molecule has 0 fully saturated rings. The van der Waals surface area contributed by atoms with Gasteiger partial charge in [-0.2, -0.15) is 0 Å². The molecule has 0 saturated heterocycles. The molecule has 252 valence electrons. The molecule has 1 aromatic carbocycles. The van der Waals surface area contributed by atoms with E-state index in [1.807, 2.05) is 85.0 Å². The van der Waals surface area contributed by atoms with Crippen LogP contribution >= 0.6 is 11.6 Å². The quantitative estimate of drug-likeness (QED) is 0.111. The molecule has 2 aromatic rings. The van der Waals surface area contributed by atoms with Gasteiger partial charge in [0.2, 0.25) is 0 Å². The number of carbonyl (C=O) groups is 1. The number of allylic oxidation sites excluding steroid dienone is 7. The Morgan fingerprint density at radius 1 is 0.933 bits per heavy atom. The van der Waals surface area contributed by atoms with E-state index in [4.69, 9.17) is 11.6 Å². The molecule has 0 saturated carbocycles. The molecule has 45 heavy (non-hydrogen) atoms. The van der Waals surface area contributed by atoms with Gasteiger partial charge in [0.25, 0.3) is 0 Å². The molecule has 1 heterocycles. The topological polar surface area (TPSA) is 30.0 Å². The maximum absolute atomic E-state index is 12.6. The summed E-state index contributed by atoms with van der Waals surface area (Å²) >= 11 is 6.56. The van der Waals surface area contributed by atoms with Crippen molar-refractivity contribution in [2.75, 3.05) is 0 Å². The fourth-order valence-corrected chi connectivity index (χ4v) is 4.68. The van der Waals surface area contributed by atoms with Gasteiger partial charge in [-0.15, -0.1) is 0 Å². The average Bonchev–Trinajstić information content (AvgIpc) is 3.03. The number of halogens is 1. The summed E-state index contributed by atoms with van der Waals surface area (Å²) in [6.45, 7) is 28.9. The first-order valence-electron chi connectivity index (χ1n) is 17.5. The van der Waals surface area contributed by atoms with Crippen LogP contribution in [0.15, 0.2) is 78.1 Å². The van der Waals surface area contributed by atoms with Gasteiger partial charge >= 0.3 is 0 Å². The monoisotopic (exact) mass is 635 g/mol. The Morgan fingerprint density at radius 2 is 1.60 bits per heavy atom. The lowest BCUT2D eigenvalue weighted by molar-refractivity contribution is -0.111. The van der Waals surface area contributed by atoms with E-state index < -0.39 is 0 Å². The van der Waals surface area contributed by atoms with Crippen LogP contribution in [0.5, 0.6) is 0 Å². The van der Waals surface area contributed by atoms with Gasteiger partial charge in [-0.25, -0.2) is 0 Å². The number of unbranched alkanes of at least 4 members (excludes halogenated alkanes) is 2. The standard InChI is InChI=1S/C29H34ClNO.C9H20.2C2H6/c1-7-9-24-10-8-11-28(30)29(24)27(23(6)32)18-25(20(2)3)15-12-21(4)13-16-26-17-14-22(5)19-31-26;1-4-6-7-8-9(3)5-2;2*1-2/h8,10-12,14-15,17-19H,4,7,9,13,16H2,1-3,5-6H3;9H,4-8H2,1-3H3;2*1-2H3/b15-12-,27-18+;;;/t;9-;;/m.0../s1. The summed E-state index contributed by atoms with van der Waals surface area (Å²) in [6.07, 6.45) is 18.5. The Bertz CT molecular complexity index is 1180. The first-order valence-corrected chi connectivity index (χ1v) is 17.9. The molecule has 0 aliphatic rings. The van der Waals surface area contributed by atoms with Crippen LogP contribution in [0.1, 0.15) is 143 Å². The van der Waals surface area contributed by atoms with Gasteiger partial charge in [-0.05, 0) is 87.8 Å². The van der Waals surface area contributed by atoms with Crippen LogP contribution in [0.4, 0.5) is 0 Å². The van der Waals surface area contributed by atoms with E-state index >= 15 is 0 Å². The van der Waals surface area contributed by atoms with Crippen LogP contribution in [0, 0.1) is 12.8 Å². The SMILES string of the molecule is C=C(/C=C\C(/C=C(\C(C)=O)c1c(Cl)cccc1CCC)=C(C)C)CCc1ccc(C)cn1.CC.CC.CCCCC[C@@H](C)CC. The lowest BCUT2D eigenvalue weighted by Gasteiger charge is -2.14. The van der Waals surface area contributed by atoms with Crippen LogP contribution in [-0.4, -0.2) is 10.8 Å². The molecule has 1 atom stereocenters. The number of nitrogens with zero attached hydrogens (tertiary/aromatic N) is 1. The van der Waals surface area contributed by atoms with Crippen molar-refractivity contribution in [2.45, 2.75) is 141 Å². The van der Waals surface area contributed by atoms with Crippen molar-refractivity contribution in [3.8, 4) is 0 Å². The van der Waals surface area contributed by atoms with E-state index in [0.29, 0.717) is 10.6 Å². The Hall–Kier alpha value is -2.71. The van der Waals surface area contributed by atoms with Crippen molar-refractivity contribution in [2.24, 2.45) is 5.92 Å². The Morgan fingerprint density at radius 3 is 2.11 bits per heavy atom. The van der Waals surface area contributed by atoms with E-state index in [1.54, 1.807) is 6.92 Å². The summed E-state index contributed by atoms with van der Waals surface area (Å²) in [5.41, 5.74) is 7.96. The van der Waals surface area contributed by atoms with Crippen molar-refractivity contribution < 1.29 is 4.79 Å². The second kappa shape index (κ2) is 27.6. The van der Waals surface area contributed by atoms with Gasteiger partial charge in [-0.3, -0.25) is 9.78 Å². The molecule has 0 radical (unpaired) electrons. The predicted molar refractivity (Wildman–Crippen MR) is 204 cm³/mol. The summed E-state index contributed by atoms with van der Waals surface area (Å²) in [6, 6.07) is 10.0. The maximum atomic E-state index is 12.6. The molecular weight excluding hydrogens is 570 g/mol. The highest BCUT2D eigenvalue weighted by molar-refractivity contribution is 6.35. The summed E-state index contributed by atoms with van der Waals surface area (Å²) < 4.78 is 0. The number of hydrogen-bond donors (Lipinski definition) is 0. The summed E-state index contributed by atoms with van der Waals surface area (Å²) in [4.78, 5) is 17.1. The van der Waals surface area contributed by atoms with Gasteiger partial charge in [0.1, 0.15) is 0 Å². The Labute approximate surface area is 284 Å². The first-order chi connectivity index (χ1) is 21.5. The normalized spacial score (nSPS) is 11.3. The molecule has 0 spiro atoms. The highest BCUT2D eigenvalue weighted by Crippen LogP contribution is 2.31. The summed E-state index contributed by atoms with van der Waals surface area (Å²) in [7, 11) is 0. The number of hydrogen-bond acceptors (Lipinski definition) is 2. The minimum atomic E-state index is 0.00637. The van der Waals surface area contributed by atoms with E-state index in [9.17, 15) is 4.79 Å².